The monoisotopic (exact) mass is 287 g/mol. The molecule has 0 bridgehead atoms. The molecular weight excluding hydrogens is 269 g/mol. The molecule has 3 heteroatoms. The lowest BCUT2D eigenvalue weighted by atomic mass is 10.0. The Bertz CT molecular complexity index is 322. The van der Waals surface area contributed by atoms with Gasteiger partial charge in [-0.15, -0.1) is 0 Å². The van der Waals surface area contributed by atoms with Crippen LogP contribution in [-0.4, -0.2) is 12.6 Å². The summed E-state index contributed by atoms with van der Waals surface area (Å²) >= 11 is 3.38. The molecule has 0 fully saturated rings. The van der Waals surface area contributed by atoms with Crippen LogP contribution in [0.15, 0.2) is 22.7 Å². The van der Waals surface area contributed by atoms with Crippen LogP contribution in [-0.2, 0) is 6.42 Å². The van der Waals surface area contributed by atoms with Crippen LogP contribution in [0.1, 0.15) is 32.3 Å². The van der Waals surface area contributed by atoms with E-state index in [0.717, 1.165) is 35.8 Å². The molecule has 1 N–H and O–H groups in total. The molecule has 0 aliphatic rings. The van der Waals surface area contributed by atoms with Gasteiger partial charge in [0.25, 0.3) is 0 Å². The van der Waals surface area contributed by atoms with Gasteiger partial charge in [-0.05, 0) is 43.1 Å². The van der Waals surface area contributed by atoms with E-state index in [2.05, 4.69) is 35.1 Å². The smallest absolute Gasteiger partial charge is 0.126 e. The van der Waals surface area contributed by atoms with Gasteiger partial charge in [-0.1, -0.05) is 36.2 Å². The summed E-state index contributed by atoms with van der Waals surface area (Å²) in [4.78, 5) is 0. The second-order valence-electron chi connectivity index (χ2n) is 3.98. The van der Waals surface area contributed by atoms with Crippen LogP contribution in [0.3, 0.4) is 0 Å². The average molecular weight is 288 g/mol. The molecular formula is C13H19BrFN. The maximum absolute atomic E-state index is 13.6. The van der Waals surface area contributed by atoms with Crippen LogP contribution in [0, 0.1) is 5.82 Å². The molecule has 1 aromatic carbocycles. The Morgan fingerprint density at radius 1 is 1.38 bits per heavy atom. The Labute approximate surface area is 106 Å². The summed E-state index contributed by atoms with van der Waals surface area (Å²) in [5, 5.41) is 3.40. The van der Waals surface area contributed by atoms with Crippen LogP contribution < -0.4 is 5.32 Å². The Hall–Kier alpha value is -0.410. The van der Waals surface area contributed by atoms with Gasteiger partial charge in [0.2, 0.25) is 0 Å². The third-order valence-corrected chi connectivity index (χ3v) is 3.10. The molecule has 1 atom stereocenters. The topological polar surface area (TPSA) is 12.0 Å². The summed E-state index contributed by atoms with van der Waals surface area (Å²) in [5.41, 5.74) is 0.786. The SMILES string of the molecule is CCCC(Cc1cc(Br)ccc1F)NCC. The maximum atomic E-state index is 13.6. The summed E-state index contributed by atoms with van der Waals surface area (Å²) in [6, 6.07) is 5.50. The third-order valence-electron chi connectivity index (χ3n) is 2.60. The zero-order chi connectivity index (χ0) is 12.0. The van der Waals surface area contributed by atoms with Crippen molar-refractivity contribution in [2.24, 2.45) is 0 Å². The van der Waals surface area contributed by atoms with Crippen molar-refractivity contribution in [2.45, 2.75) is 39.2 Å². The highest BCUT2D eigenvalue weighted by atomic mass is 79.9. The summed E-state index contributed by atoms with van der Waals surface area (Å²) in [5.74, 6) is -0.109. The molecule has 0 spiro atoms. The van der Waals surface area contributed by atoms with E-state index in [1.54, 1.807) is 6.07 Å². The third kappa shape index (κ3) is 4.22. The quantitative estimate of drug-likeness (QED) is 0.837. The molecule has 1 aromatic rings. The molecule has 0 aliphatic carbocycles. The van der Waals surface area contributed by atoms with E-state index in [-0.39, 0.29) is 5.82 Å². The highest BCUT2D eigenvalue weighted by Crippen LogP contribution is 2.18. The number of hydrogen-bond acceptors (Lipinski definition) is 1. The minimum atomic E-state index is -0.109. The van der Waals surface area contributed by atoms with Crippen LogP contribution in [0.2, 0.25) is 0 Å². The number of halogens is 2. The van der Waals surface area contributed by atoms with Crippen LogP contribution in [0.25, 0.3) is 0 Å². The van der Waals surface area contributed by atoms with Crippen molar-refractivity contribution in [2.75, 3.05) is 6.54 Å². The fraction of sp³-hybridized carbons (Fsp3) is 0.538. The Balaban J connectivity index is 2.71. The molecule has 0 heterocycles. The van der Waals surface area contributed by atoms with Crippen molar-refractivity contribution in [3.05, 3.63) is 34.1 Å². The summed E-state index contributed by atoms with van der Waals surface area (Å²) in [6.07, 6.45) is 2.96. The van der Waals surface area contributed by atoms with E-state index >= 15 is 0 Å². The van der Waals surface area contributed by atoms with E-state index in [1.807, 2.05) is 6.07 Å². The summed E-state index contributed by atoms with van der Waals surface area (Å²) in [6.45, 7) is 5.17. The number of likely N-dealkylation sites (N-methyl/N-ethyl adjacent to an activating group) is 1. The molecule has 16 heavy (non-hydrogen) atoms. The van der Waals surface area contributed by atoms with Crippen molar-refractivity contribution >= 4 is 15.9 Å². The summed E-state index contributed by atoms with van der Waals surface area (Å²) < 4.78 is 14.5. The van der Waals surface area contributed by atoms with Gasteiger partial charge in [0.05, 0.1) is 0 Å². The molecule has 0 radical (unpaired) electrons. The first kappa shape index (κ1) is 13.7. The zero-order valence-corrected chi connectivity index (χ0v) is 11.5. The predicted octanol–water partition coefficient (Wildman–Crippen LogP) is 3.91. The second-order valence-corrected chi connectivity index (χ2v) is 4.90. The molecule has 0 aromatic heterocycles. The molecule has 0 aliphatic heterocycles. The van der Waals surface area contributed by atoms with Gasteiger partial charge in [0, 0.05) is 10.5 Å². The normalized spacial score (nSPS) is 12.8. The number of rotatable bonds is 6. The second kappa shape index (κ2) is 7.02. The van der Waals surface area contributed by atoms with Gasteiger partial charge in [-0.25, -0.2) is 4.39 Å². The van der Waals surface area contributed by atoms with Gasteiger partial charge < -0.3 is 5.32 Å². The molecule has 90 valence electrons. The molecule has 1 rings (SSSR count). The molecule has 0 saturated carbocycles. The van der Waals surface area contributed by atoms with E-state index in [0.29, 0.717) is 6.04 Å². The number of hydrogen-bond donors (Lipinski definition) is 1. The first-order valence-corrected chi connectivity index (χ1v) is 6.64. The van der Waals surface area contributed by atoms with Crippen molar-refractivity contribution in [3.63, 3.8) is 0 Å². The van der Waals surface area contributed by atoms with E-state index < -0.39 is 0 Å². The Kier molecular flexibility index (Phi) is 5.99. The minimum absolute atomic E-state index is 0.109. The molecule has 1 unspecified atom stereocenters. The van der Waals surface area contributed by atoms with Crippen LogP contribution >= 0.6 is 15.9 Å². The lowest BCUT2D eigenvalue weighted by Gasteiger charge is -2.17. The highest BCUT2D eigenvalue weighted by Gasteiger charge is 2.10. The molecule has 1 nitrogen and oxygen atoms in total. The lowest BCUT2D eigenvalue weighted by molar-refractivity contribution is 0.475. The Morgan fingerprint density at radius 2 is 2.12 bits per heavy atom. The molecule has 0 saturated heterocycles. The standard InChI is InChI=1S/C13H19BrFN/c1-3-5-12(16-4-2)9-10-8-11(14)6-7-13(10)15/h6-8,12,16H,3-5,9H2,1-2H3. The maximum Gasteiger partial charge on any atom is 0.126 e. The van der Waals surface area contributed by atoms with E-state index in [1.165, 1.54) is 6.07 Å². The molecule has 0 amide bonds. The Morgan fingerprint density at radius 3 is 2.75 bits per heavy atom. The predicted molar refractivity (Wildman–Crippen MR) is 70.2 cm³/mol. The highest BCUT2D eigenvalue weighted by molar-refractivity contribution is 9.10. The van der Waals surface area contributed by atoms with Crippen molar-refractivity contribution in [1.29, 1.82) is 0 Å². The van der Waals surface area contributed by atoms with E-state index in [4.69, 9.17) is 0 Å². The first-order valence-electron chi connectivity index (χ1n) is 5.84. The fourth-order valence-electron chi connectivity index (χ4n) is 1.88. The largest absolute Gasteiger partial charge is 0.314 e. The van der Waals surface area contributed by atoms with Crippen molar-refractivity contribution in [1.82, 2.24) is 5.32 Å². The average Bonchev–Trinajstić information content (AvgIpc) is 2.24. The lowest BCUT2D eigenvalue weighted by Crippen LogP contribution is -2.31. The fourth-order valence-corrected chi connectivity index (χ4v) is 2.29. The minimum Gasteiger partial charge on any atom is -0.314 e. The van der Waals surface area contributed by atoms with Crippen molar-refractivity contribution < 1.29 is 4.39 Å². The van der Waals surface area contributed by atoms with Gasteiger partial charge in [0.1, 0.15) is 5.82 Å². The van der Waals surface area contributed by atoms with Gasteiger partial charge >= 0.3 is 0 Å². The summed E-state index contributed by atoms with van der Waals surface area (Å²) in [7, 11) is 0. The number of benzene rings is 1. The first-order chi connectivity index (χ1) is 7.67. The number of nitrogens with one attached hydrogen (secondary N) is 1. The van der Waals surface area contributed by atoms with Gasteiger partial charge in [-0.3, -0.25) is 0 Å². The van der Waals surface area contributed by atoms with Gasteiger partial charge in [-0.2, -0.15) is 0 Å². The van der Waals surface area contributed by atoms with Crippen LogP contribution in [0.4, 0.5) is 4.39 Å². The van der Waals surface area contributed by atoms with Crippen LogP contribution in [0.5, 0.6) is 0 Å². The van der Waals surface area contributed by atoms with E-state index in [9.17, 15) is 4.39 Å². The van der Waals surface area contributed by atoms with Crippen molar-refractivity contribution in [3.8, 4) is 0 Å². The zero-order valence-electron chi connectivity index (χ0n) is 9.89. The van der Waals surface area contributed by atoms with Gasteiger partial charge in [0.15, 0.2) is 0 Å².